The van der Waals surface area contributed by atoms with Gasteiger partial charge >= 0.3 is 0 Å². The van der Waals surface area contributed by atoms with E-state index < -0.39 is 30.8 Å². The fourth-order valence-corrected chi connectivity index (χ4v) is 2.89. The number of carbonyl (C=O) groups is 1. The summed E-state index contributed by atoms with van der Waals surface area (Å²) in [5.74, 6) is -3.26. The zero-order valence-corrected chi connectivity index (χ0v) is 14.4. The first-order valence-corrected chi connectivity index (χ1v) is 8.64. The number of hydrogen-bond acceptors (Lipinski definition) is 3. The maximum Gasteiger partial charge on any atom is 0.262 e. The molecule has 1 amide bonds. The fraction of sp³-hybridized carbons (Fsp3) is 0.350. The van der Waals surface area contributed by atoms with Gasteiger partial charge in [-0.05, 0) is 29.7 Å². The van der Waals surface area contributed by atoms with Gasteiger partial charge in [0.25, 0.3) is 5.92 Å². The normalized spacial score (nSPS) is 18.6. The zero-order chi connectivity index (χ0) is 18.4. The average Bonchev–Trinajstić information content (AvgIpc) is 3.00. The molecule has 0 saturated carbocycles. The van der Waals surface area contributed by atoms with Crippen LogP contribution in [-0.2, 0) is 22.6 Å². The van der Waals surface area contributed by atoms with E-state index in [1.54, 1.807) is 12.1 Å². The molecular weight excluding hydrogens is 338 g/mol. The van der Waals surface area contributed by atoms with Crippen LogP contribution in [0.2, 0.25) is 0 Å². The predicted octanol–water partition coefficient (Wildman–Crippen LogP) is 3.38. The molecule has 2 N–H and O–H groups in total. The largest absolute Gasteiger partial charge is 0.376 e. The van der Waals surface area contributed by atoms with Crippen LogP contribution in [0, 0.1) is 0 Å². The molecule has 1 aliphatic rings. The number of hydrogen-bond donors (Lipinski definition) is 2. The van der Waals surface area contributed by atoms with Crippen molar-refractivity contribution in [2.45, 2.75) is 31.4 Å². The van der Waals surface area contributed by atoms with Gasteiger partial charge in [-0.3, -0.25) is 10.1 Å². The van der Waals surface area contributed by atoms with Gasteiger partial charge in [0.1, 0.15) is 0 Å². The standard InChI is InChI=1S/C20H22F2N2O2/c21-20(22)12-18(23-14-20)19(25)24-17-8-4-7-16(11-17)13-26-10-9-15-5-2-1-3-6-15/h1-8,11,18,23H,9-10,12-14H2,(H,24,25). The average molecular weight is 360 g/mol. The molecule has 0 spiro atoms. The van der Waals surface area contributed by atoms with Crippen LogP contribution in [0.3, 0.4) is 0 Å². The number of amides is 1. The molecular formula is C20H22F2N2O2. The first-order valence-electron chi connectivity index (χ1n) is 8.64. The van der Waals surface area contributed by atoms with Crippen LogP contribution >= 0.6 is 0 Å². The van der Waals surface area contributed by atoms with Gasteiger partial charge in [0, 0.05) is 12.1 Å². The minimum absolute atomic E-state index is 0.427. The van der Waals surface area contributed by atoms with Crippen molar-refractivity contribution in [1.82, 2.24) is 5.32 Å². The van der Waals surface area contributed by atoms with Gasteiger partial charge < -0.3 is 10.1 Å². The van der Waals surface area contributed by atoms with Crippen molar-refractivity contribution in [3.8, 4) is 0 Å². The molecule has 1 unspecified atom stereocenters. The van der Waals surface area contributed by atoms with E-state index in [-0.39, 0.29) is 0 Å². The topological polar surface area (TPSA) is 50.4 Å². The smallest absolute Gasteiger partial charge is 0.262 e. The number of anilines is 1. The SMILES string of the molecule is O=C(Nc1cccc(COCCc2ccccc2)c1)C1CC(F)(F)CN1. The molecule has 2 aromatic carbocycles. The molecule has 26 heavy (non-hydrogen) atoms. The molecule has 1 atom stereocenters. The number of halogens is 2. The minimum Gasteiger partial charge on any atom is -0.376 e. The van der Waals surface area contributed by atoms with Crippen LogP contribution in [0.25, 0.3) is 0 Å². The summed E-state index contributed by atoms with van der Waals surface area (Å²) >= 11 is 0. The summed E-state index contributed by atoms with van der Waals surface area (Å²) in [5, 5.41) is 5.24. The highest BCUT2D eigenvalue weighted by molar-refractivity contribution is 5.95. The van der Waals surface area contributed by atoms with Crippen molar-refractivity contribution in [3.63, 3.8) is 0 Å². The summed E-state index contributed by atoms with van der Waals surface area (Å²) in [4.78, 5) is 12.1. The third-order valence-electron chi connectivity index (χ3n) is 4.27. The molecule has 3 rings (SSSR count). The zero-order valence-electron chi connectivity index (χ0n) is 14.4. The Labute approximate surface area is 151 Å². The van der Waals surface area contributed by atoms with E-state index in [1.165, 1.54) is 5.56 Å². The van der Waals surface area contributed by atoms with Crippen LogP contribution in [0.15, 0.2) is 54.6 Å². The molecule has 4 nitrogen and oxygen atoms in total. The monoisotopic (exact) mass is 360 g/mol. The highest BCUT2D eigenvalue weighted by atomic mass is 19.3. The molecule has 6 heteroatoms. The number of rotatable bonds is 7. The summed E-state index contributed by atoms with van der Waals surface area (Å²) in [6, 6.07) is 16.5. The van der Waals surface area contributed by atoms with Crippen molar-refractivity contribution in [3.05, 3.63) is 65.7 Å². The van der Waals surface area contributed by atoms with Crippen LogP contribution < -0.4 is 10.6 Å². The van der Waals surface area contributed by atoms with E-state index >= 15 is 0 Å². The Morgan fingerprint density at radius 1 is 1.15 bits per heavy atom. The summed E-state index contributed by atoms with van der Waals surface area (Å²) in [5.41, 5.74) is 2.71. The molecule has 138 valence electrons. The maximum absolute atomic E-state index is 13.2. The lowest BCUT2D eigenvalue weighted by atomic mass is 10.1. The summed E-state index contributed by atoms with van der Waals surface area (Å²) < 4.78 is 32.1. The van der Waals surface area contributed by atoms with Gasteiger partial charge in [-0.25, -0.2) is 8.78 Å². The third kappa shape index (κ3) is 5.34. The molecule has 0 aliphatic carbocycles. The second-order valence-electron chi connectivity index (χ2n) is 6.47. The van der Waals surface area contributed by atoms with E-state index in [4.69, 9.17) is 4.74 Å². The Hall–Kier alpha value is -2.31. The van der Waals surface area contributed by atoms with Crippen molar-refractivity contribution >= 4 is 11.6 Å². The molecule has 0 bridgehead atoms. The number of nitrogens with one attached hydrogen (secondary N) is 2. The van der Waals surface area contributed by atoms with Gasteiger partial charge in [-0.1, -0.05) is 42.5 Å². The second-order valence-corrected chi connectivity index (χ2v) is 6.47. The Bertz CT molecular complexity index is 738. The predicted molar refractivity (Wildman–Crippen MR) is 96.2 cm³/mol. The Morgan fingerprint density at radius 2 is 1.92 bits per heavy atom. The highest BCUT2D eigenvalue weighted by Gasteiger charge is 2.42. The fourth-order valence-electron chi connectivity index (χ4n) is 2.89. The van der Waals surface area contributed by atoms with E-state index in [9.17, 15) is 13.6 Å². The second kappa shape index (κ2) is 8.38. The van der Waals surface area contributed by atoms with E-state index in [0.29, 0.717) is 18.9 Å². The lowest BCUT2D eigenvalue weighted by Crippen LogP contribution is -2.35. The van der Waals surface area contributed by atoms with E-state index in [2.05, 4.69) is 22.8 Å². The van der Waals surface area contributed by atoms with Crippen molar-refractivity contribution in [2.24, 2.45) is 0 Å². The highest BCUT2D eigenvalue weighted by Crippen LogP contribution is 2.25. The molecule has 1 heterocycles. The molecule has 1 fully saturated rings. The van der Waals surface area contributed by atoms with Crippen LogP contribution in [0.1, 0.15) is 17.5 Å². The van der Waals surface area contributed by atoms with Gasteiger partial charge in [-0.2, -0.15) is 0 Å². The van der Waals surface area contributed by atoms with Crippen LogP contribution in [0.5, 0.6) is 0 Å². The molecule has 1 aliphatic heterocycles. The van der Waals surface area contributed by atoms with E-state index in [1.807, 2.05) is 30.3 Å². The van der Waals surface area contributed by atoms with Gasteiger partial charge in [0.05, 0.1) is 25.8 Å². The Morgan fingerprint density at radius 3 is 2.65 bits per heavy atom. The van der Waals surface area contributed by atoms with Gasteiger partial charge in [0.15, 0.2) is 0 Å². The molecule has 1 saturated heterocycles. The molecule has 0 radical (unpaired) electrons. The van der Waals surface area contributed by atoms with E-state index in [0.717, 1.165) is 12.0 Å². The number of benzene rings is 2. The van der Waals surface area contributed by atoms with Crippen molar-refractivity contribution in [1.29, 1.82) is 0 Å². The van der Waals surface area contributed by atoms with Crippen molar-refractivity contribution in [2.75, 3.05) is 18.5 Å². The van der Waals surface area contributed by atoms with Crippen LogP contribution in [-0.4, -0.2) is 31.0 Å². The Kier molecular flexibility index (Phi) is 5.96. The summed E-state index contributed by atoms with van der Waals surface area (Å²) in [7, 11) is 0. The molecule has 2 aromatic rings. The lowest BCUT2D eigenvalue weighted by molar-refractivity contribution is -0.118. The maximum atomic E-state index is 13.2. The Balaban J connectivity index is 1.46. The number of carbonyl (C=O) groups excluding carboxylic acids is 1. The number of ether oxygens (including phenoxy) is 1. The minimum atomic E-state index is -2.82. The third-order valence-corrected chi connectivity index (χ3v) is 4.27. The first-order chi connectivity index (χ1) is 12.5. The summed E-state index contributed by atoms with van der Waals surface area (Å²) in [6.07, 6.45) is 0.361. The quantitative estimate of drug-likeness (QED) is 0.745. The first kappa shape index (κ1) is 18.5. The summed E-state index contributed by atoms with van der Waals surface area (Å²) in [6.45, 7) is 0.568. The van der Waals surface area contributed by atoms with Crippen molar-refractivity contribution < 1.29 is 18.3 Å². The van der Waals surface area contributed by atoms with Gasteiger partial charge in [-0.15, -0.1) is 0 Å². The lowest BCUT2D eigenvalue weighted by Gasteiger charge is -2.12. The van der Waals surface area contributed by atoms with Crippen LogP contribution in [0.4, 0.5) is 14.5 Å². The molecule has 0 aromatic heterocycles. The number of alkyl halides is 2. The van der Waals surface area contributed by atoms with Gasteiger partial charge in [0.2, 0.25) is 5.91 Å².